The van der Waals surface area contributed by atoms with Crippen LogP contribution in [0.5, 0.6) is 0 Å². The highest BCUT2D eigenvalue weighted by Crippen LogP contribution is 2.33. The summed E-state index contributed by atoms with van der Waals surface area (Å²) in [4.78, 5) is 29.4. The molecule has 0 spiro atoms. The number of carbonyl (C=O) groups is 2. The Morgan fingerprint density at radius 2 is 1.59 bits per heavy atom. The maximum Gasteiger partial charge on any atom is 0.490 e. The number of carboxylic acid groups (broad SMARTS) is 2. The number of hydrogen-bond donors (Lipinski definition) is 2. The zero-order valence-corrected chi connectivity index (χ0v) is 20.4. The van der Waals surface area contributed by atoms with Crippen LogP contribution >= 0.6 is 0 Å². The van der Waals surface area contributed by atoms with Gasteiger partial charge in [0.2, 0.25) is 0 Å². The fourth-order valence-corrected chi connectivity index (χ4v) is 3.88. The summed E-state index contributed by atoms with van der Waals surface area (Å²) >= 11 is 0. The summed E-state index contributed by atoms with van der Waals surface area (Å²) in [6.07, 6.45) is 0.882. The first kappa shape index (κ1) is 29.8. The molecule has 1 saturated carbocycles. The van der Waals surface area contributed by atoms with Gasteiger partial charge in [-0.3, -0.25) is 4.98 Å². The SMILES string of the molecule is O=C(O)C(F)(F)F.O=C(O)C(F)(F)F.c1cncc(-c2ccc3nc(C4CCCN(CC5CC5)C4)nn3c2)c1. The molecule has 39 heavy (non-hydrogen) atoms. The van der Waals surface area contributed by atoms with Gasteiger partial charge in [-0.2, -0.15) is 31.4 Å². The second-order valence-corrected chi connectivity index (χ2v) is 9.08. The van der Waals surface area contributed by atoms with Crippen molar-refractivity contribution in [3.8, 4) is 11.1 Å². The molecule has 0 radical (unpaired) electrons. The molecule has 4 heterocycles. The first-order valence-corrected chi connectivity index (χ1v) is 11.8. The quantitative estimate of drug-likeness (QED) is 0.442. The summed E-state index contributed by atoms with van der Waals surface area (Å²) in [7, 11) is 0. The molecule has 1 aliphatic heterocycles. The Kier molecular flexibility index (Phi) is 9.48. The van der Waals surface area contributed by atoms with Crippen LogP contribution in [-0.4, -0.2) is 78.6 Å². The van der Waals surface area contributed by atoms with Gasteiger partial charge in [0.1, 0.15) is 0 Å². The molecule has 1 aliphatic carbocycles. The van der Waals surface area contributed by atoms with E-state index in [4.69, 9.17) is 29.9 Å². The van der Waals surface area contributed by atoms with E-state index in [0.29, 0.717) is 5.92 Å². The summed E-state index contributed by atoms with van der Waals surface area (Å²) in [5.74, 6) is -3.09. The van der Waals surface area contributed by atoms with Gasteiger partial charge in [-0.1, -0.05) is 6.07 Å². The molecule has 15 heteroatoms. The monoisotopic (exact) mass is 561 g/mol. The van der Waals surface area contributed by atoms with E-state index in [2.05, 4.69) is 34.3 Å². The number of piperidine rings is 1. The van der Waals surface area contributed by atoms with Gasteiger partial charge in [0.25, 0.3) is 0 Å². The van der Waals surface area contributed by atoms with Gasteiger partial charge in [-0.15, -0.1) is 0 Å². The van der Waals surface area contributed by atoms with Crippen LogP contribution in [-0.2, 0) is 9.59 Å². The standard InChI is InChI=1S/C20H23N5.2C2HF3O2/c1-3-16(11-21-9-1)17-7-8-19-22-20(23-25(19)14-17)18-4-2-10-24(13-18)12-15-5-6-15;2*3-2(4,5)1(6)7/h1,3,7-9,11,14-15,18H,2,4-6,10,12-13H2;2*(H,6,7). The van der Waals surface area contributed by atoms with Crippen molar-refractivity contribution in [2.45, 2.75) is 44.0 Å². The molecule has 9 nitrogen and oxygen atoms in total. The summed E-state index contributed by atoms with van der Waals surface area (Å²) in [6, 6.07) is 8.19. The number of pyridine rings is 2. The molecule has 0 bridgehead atoms. The molecular formula is C24H25F6N5O4. The van der Waals surface area contributed by atoms with Crippen LogP contribution in [0.4, 0.5) is 26.3 Å². The third kappa shape index (κ3) is 9.19. The lowest BCUT2D eigenvalue weighted by Gasteiger charge is -2.31. The van der Waals surface area contributed by atoms with Gasteiger partial charge in [-0.25, -0.2) is 19.1 Å². The molecule has 0 amide bonds. The van der Waals surface area contributed by atoms with Crippen molar-refractivity contribution in [2.75, 3.05) is 19.6 Å². The lowest BCUT2D eigenvalue weighted by Crippen LogP contribution is -2.36. The maximum absolute atomic E-state index is 10.6. The number of carboxylic acids is 2. The average Bonchev–Trinajstić information content (AvgIpc) is 3.58. The van der Waals surface area contributed by atoms with E-state index in [0.717, 1.165) is 35.1 Å². The van der Waals surface area contributed by atoms with Crippen molar-refractivity contribution in [2.24, 2.45) is 5.92 Å². The van der Waals surface area contributed by atoms with E-state index in [1.807, 2.05) is 16.8 Å². The molecular weight excluding hydrogens is 536 g/mol. The van der Waals surface area contributed by atoms with E-state index in [9.17, 15) is 26.3 Å². The van der Waals surface area contributed by atoms with Crippen molar-refractivity contribution in [3.05, 3.63) is 48.7 Å². The number of rotatable bonds is 4. The minimum absolute atomic E-state index is 0.467. The minimum atomic E-state index is -5.08. The number of aromatic nitrogens is 4. The zero-order chi connectivity index (χ0) is 28.8. The number of halogens is 6. The van der Waals surface area contributed by atoms with Crippen LogP contribution < -0.4 is 0 Å². The largest absolute Gasteiger partial charge is 0.490 e. The van der Waals surface area contributed by atoms with Crippen molar-refractivity contribution >= 4 is 17.6 Å². The van der Waals surface area contributed by atoms with Crippen LogP contribution in [0.1, 0.15) is 37.4 Å². The topological polar surface area (TPSA) is 121 Å². The van der Waals surface area contributed by atoms with Crippen molar-refractivity contribution in [1.82, 2.24) is 24.5 Å². The Morgan fingerprint density at radius 1 is 0.949 bits per heavy atom. The molecule has 2 N–H and O–H groups in total. The maximum atomic E-state index is 10.6. The number of fused-ring (bicyclic) bond motifs is 1. The van der Waals surface area contributed by atoms with Crippen LogP contribution in [0, 0.1) is 5.92 Å². The molecule has 1 saturated heterocycles. The van der Waals surface area contributed by atoms with E-state index in [1.54, 1.807) is 6.20 Å². The number of likely N-dealkylation sites (tertiary alicyclic amines) is 1. The third-order valence-electron chi connectivity index (χ3n) is 5.91. The van der Waals surface area contributed by atoms with E-state index in [1.165, 1.54) is 38.8 Å². The predicted octanol–water partition coefficient (Wildman–Crippen LogP) is 4.65. The van der Waals surface area contributed by atoms with Crippen molar-refractivity contribution in [1.29, 1.82) is 0 Å². The summed E-state index contributed by atoms with van der Waals surface area (Å²) in [5, 5.41) is 19.1. The highest BCUT2D eigenvalue weighted by molar-refractivity contribution is 5.73. The average molecular weight is 561 g/mol. The van der Waals surface area contributed by atoms with Crippen molar-refractivity contribution in [3.63, 3.8) is 0 Å². The predicted molar refractivity (Wildman–Crippen MR) is 125 cm³/mol. The minimum Gasteiger partial charge on any atom is -0.475 e. The first-order valence-electron chi connectivity index (χ1n) is 11.8. The molecule has 2 aliphatic rings. The van der Waals surface area contributed by atoms with E-state index < -0.39 is 24.3 Å². The Bertz CT molecular complexity index is 1240. The highest BCUT2D eigenvalue weighted by Gasteiger charge is 2.39. The number of hydrogen-bond acceptors (Lipinski definition) is 6. The molecule has 3 aromatic heterocycles. The molecule has 212 valence electrons. The van der Waals surface area contributed by atoms with Crippen LogP contribution in [0.3, 0.4) is 0 Å². The van der Waals surface area contributed by atoms with Gasteiger partial charge in [-0.05, 0) is 56.3 Å². The van der Waals surface area contributed by atoms with Crippen LogP contribution in [0.2, 0.25) is 0 Å². The number of alkyl halides is 6. The second kappa shape index (κ2) is 12.4. The van der Waals surface area contributed by atoms with Gasteiger partial charge < -0.3 is 15.1 Å². The van der Waals surface area contributed by atoms with Gasteiger partial charge in [0, 0.05) is 48.7 Å². The number of aliphatic carboxylic acids is 2. The van der Waals surface area contributed by atoms with Crippen LogP contribution in [0.25, 0.3) is 16.8 Å². The lowest BCUT2D eigenvalue weighted by molar-refractivity contribution is -0.193. The lowest BCUT2D eigenvalue weighted by atomic mass is 9.97. The first-order chi connectivity index (χ1) is 18.2. The molecule has 3 aromatic rings. The molecule has 2 fully saturated rings. The Morgan fingerprint density at radius 3 is 2.13 bits per heavy atom. The molecule has 1 unspecified atom stereocenters. The summed E-state index contributed by atoms with van der Waals surface area (Å²) in [6.45, 7) is 3.63. The van der Waals surface area contributed by atoms with E-state index in [-0.39, 0.29) is 0 Å². The molecule has 0 aromatic carbocycles. The molecule has 1 atom stereocenters. The van der Waals surface area contributed by atoms with Gasteiger partial charge in [0.15, 0.2) is 11.5 Å². The van der Waals surface area contributed by atoms with Crippen molar-refractivity contribution < 1.29 is 46.1 Å². The Hall–Kier alpha value is -3.75. The number of nitrogens with zero attached hydrogens (tertiary/aromatic N) is 5. The van der Waals surface area contributed by atoms with E-state index >= 15 is 0 Å². The normalized spacial score (nSPS) is 17.9. The zero-order valence-electron chi connectivity index (χ0n) is 20.4. The van der Waals surface area contributed by atoms with Crippen LogP contribution in [0.15, 0.2) is 42.9 Å². The van der Waals surface area contributed by atoms with Gasteiger partial charge >= 0.3 is 24.3 Å². The smallest absolute Gasteiger partial charge is 0.475 e. The highest BCUT2D eigenvalue weighted by atomic mass is 19.4. The fraction of sp³-hybridized carbons (Fsp3) is 0.458. The fourth-order valence-electron chi connectivity index (χ4n) is 3.88. The summed E-state index contributed by atoms with van der Waals surface area (Å²) < 4.78 is 65.4. The second-order valence-electron chi connectivity index (χ2n) is 9.08. The Labute approximate surface area is 218 Å². The third-order valence-corrected chi connectivity index (χ3v) is 5.91. The summed E-state index contributed by atoms with van der Waals surface area (Å²) in [5.41, 5.74) is 3.16. The Balaban J connectivity index is 0.000000251. The molecule has 5 rings (SSSR count). The van der Waals surface area contributed by atoms with Gasteiger partial charge in [0.05, 0.1) is 0 Å².